The molecule has 0 aliphatic carbocycles. The average molecular weight is 419 g/mol. The van der Waals surface area contributed by atoms with Crippen LogP contribution < -0.4 is 20.1 Å². The number of nitrogens with one attached hydrogen (secondary N) is 2. The Labute approximate surface area is 175 Å². The van der Waals surface area contributed by atoms with Crippen molar-refractivity contribution in [2.45, 2.75) is 26.0 Å². The van der Waals surface area contributed by atoms with E-state index in [9.17, 15) is 8.78 Å². The second-order valence-corrected chi connectivity index (χ2v) is 6.99. The predicted octanol–water partition coefficient (Wildman–Crippen LogP) is 3.18. The number of benzene rings is 2. The van der Waals surface area contributed by atoms with Crippen LogP contribution in [-0.4, -0.2) is 45.5 Å². The lowest BCUT2D eigenvalue weighted by molar-refractivity contribution is 0.140. The molecule has 0 saturated carbocycles. The quantitative estimate of drug-likeness (QED) is 0.391. The van der Waals surface area contributed by atoms with Gasteiger partial charge >= 0.3 is 0 Å². The van der Waals surface area contributed by atoms with Gasteiger partial charge in [-0.15, -0.1) is 0 Å². The van der Waals surface area contributed by atoms with E-state index in [1.165, 1.54) is 6.07 Å². The zero-order chi connectivity index (χ0) is 21.3. The van der Waals surface area contributed by atoms with Crippen molar-refractivity contribution >= 4 is 5.96 Å². The van der Waals surface area contributed by atoms with Crippen molar-refractivity contribution in [1.82, 2.24) is 10.6 Å². The zero-order valence-corrected chi connectivity index (χ0v) is 17.2. The average Bonchev–Trinajstić information content (AvgIpc) is 3.23. The standard InChI is InChI=1S/C22H27F2N3O3/c1-15-3-4-16(21(11-15)30-18-7-9-28-14-18)13-27-22(25-2)26-8-10-29-20-6-5-17(23)12-19(20)24/h3-6,11-12,18H,7-10,13-14H2,1-2H3,(H2,25,26,27). The maximum Gasteiger partial charge on any atom is 0.191 e. The summed E-state index contributed by atoms with van der Waals surface area (Å²) in [6, 6.07) is 9.31. The van der Waals surface area contributed by atoms with Gasteiger partial charge in [0.15, 0.2) is 17.5 Å². The van der Waals surface area contributed by atoms with E-state index in [0.717, 1.165) is 42.0 Å². The van der Waals surface area contributed by atoms with Crippen molar-refractivity contribution in [3.05, 3.63) is 59.2 Å². The molecule has 2 aromatic carbocycles. The van der Waals surface area contributed by atoms with E-state index in [-0.39, 0.29) is 18.5 Å². The van der Waals surface area contributed by atoms with Crippen LogP contribution in [0.5, 0.6) is 11.5 Å². The number of guanidine groups is 1. The van der Waals surface area contributed by atoms with Crippen molar-refractivity contribution in [3.8, 4) is 11.5 Å². The molecule has 1 fully saturated rings. The second-order valence-electron chi connectivity index (χ2n) is 6.99. The first-order chi connectivity index (χ1) is 14.5. The summed E-state index contributed by atoms with van der Waals surface area (Å²) >= 11 is 0. The number of ether oxygens (including phenoxy) is 3. The Morgan fingerprint density at radius 2 is 2.03 bits per heavy atom. The molecule has 3 rings (SSSR count). The van der Waals surface area contributed by atoms with E-state index in [4.69, 9.17) is 14.2 Å². The van der Waals surface area contributed by atoms with E-state index >= 15 is 0 Å². The highest BCUT2D eigenvalue weighted by molar-refractivity contribution is 5.79. The summed E-state index contributed by atoms with van der Waals surface area (Å²) < 4.78 is 43.4. The Morgan fingerprint density at radius 3 is 2.77 bits per heavy atom. The Bertz CT molecular complexity index is 871. The molecule has 2 N–H and O–H groups in total. The van der Waals surface area contributed by atoms with Gasteiger partial charge in [0.25, 0.3) is 0 Å². The molecule has 6 nitrogen and oxygen atoms in total. The second kappa shape index (κ2) is 10.8. The van der Waals surface area contributed by atoms with Gasteiger partial charge in [0.05, 0.1) is 19.8 Å². The normalized spacial score (nSPS) is 16.4. The minimum atomic E-state index is -0.725. The molecule has 1 heterocycles. The largest absolute Gasteiger partial charge is 0.489 e. The van der Waals surface area contributed by atoms with Crippen molar-refractivity contribution in [3.63, 3.8) is 0 Å². The fourth-order valence-electron chi connectivity index (χ4n) is 3.03. The number of nitrogens with zero attached hydrogens (tertiary/aromatic N) is 1. The smallest absolute Gasteiger partial charge is 0.191 e. The van der Waals surface area contributed by atoms with Gasteiger partial charge in [-0.1, -0.05) is 12.1 Å². The van der Waals surface area contributed by atoms with E-state index < -0.39 is 11.6 Å². The number of aryl methyl sites for hydroxylation is 1. The number of aliphatic imine (C=N–C) groups is 1. The van der Waals surface area contributed by atoms with Crippen LogP contribution in [0.1, 0.15) is 17.5 Å². The minimum Gasteiger partial charge on any atom is -0.489 e. The lowest BCUT2D eigenvalue weighted by atomic mass is 10.1. The molecule has 8 heteroatoms. The fourth-order valence-corrected chi connectivity index (χ4v) is 3.03. The lowest BCUT2D eigenvalue weighted by Crippen LogP contribution is -2.39. The van der Waals surface area contributed by atoms with Crippen molar-refractivity contribution < 1.29 is 23.0 Å². The number of halogens is 2. The molecule has 0 radical (unpaired) electrons. The molecule has 0 bridgehead atoms. The van der Waals surface area contributed by atoms with Crippen LogP contribution in [0, 0.1) is 18.6 Å². The van der Waals surface area contributed by atoms with Crippen LogP contribution in [-0.2, 0) is 11.3 Å². The van der Waals surface area contributed by atoms with Crippen molar-refractivity contribution in [2.24, 2.45) is 4.99 Å². The van der Waals surface area contributed by atoms with Gasteiger partial charge in [-0.05, 0) is 30.7 Å². The Hall–Kier alpha value is -2.87. The summed E-state index contributed by atoms with van der Waals surface area (Å²) in [5.74, 6) is 0.0653. The summed E-state index contributed by atoms with van der Waals surface area (Å²) in [4.78, 5) is 4.18. The molecule has 2 aromatic rings. The zero-order valence-electron chi connectivity index (χ0n) is 17.2. The van der Waals surface area contributed by atoms with Crippen LogP contribution in [0.4, 0.5) is 8.78 Å². The Kier molecular flexibility index (Phi) is 7.84. The molecule has 30 heavy (non-hydrogen) atoms. The first-order valence-electron chi connectivity index (χ1n) is 9.91. The van der Waals surface area contributed by atoms with Gasteiger partial charge in [0, 0.05) is 31.6 Å². The molecule has 1 aliphatic heterocycles. The van der Waals surface area contributed by atoms with Gasteiger partial charge in [0.2, 0.25) is 0 Å². The summed E-state index contributed by atoms with van der Waals surface area (Å²) in [7, 11) is 1.66. The van der Waals surface area contributed by atoms with Gasteiger partial charge in [-0.2, -0.15) is 0 Å². The molecule has 0 amide bonds. The van der Waals surface area contributed by atoms with E-state index in [2.05, 4.69) is 15.6 Å². The maximum atomic E-state index is 13.6. The number of hydrogen-bond acceptors (Lipinski definition) is 4. The van der Waals surface area contributed by atoms with E-state index in [0.29, 0.717) is 25.7 Å². The maximum absolute atomic E-state index is 13.6. The first-order valence-corrected chi connectivity index (χ1v) is 9.91. The van der Waals surface area contributed by atoms with Crippen LogP contribution in [0.25, 0.3) is 0 Å². The Balaban J connectivity index is 1.48. The van der Waals surface area contributed by atoms with Crippen molar-refractivity contribution in [1.29, 1.82) is 0 Å². The molecule has 0 aromatic heterocycles. The molecular formula is C22H27F2N3O3. The van der Waals surface area contributed by atoms with Gasteiger partial charge < -0.3 is 24.8 Å². The summed E-state index contributed by atoms with van der Waals surface area (Å²) in [5, 5.41) is 6.34. The van der Waals surface area contributed by atoms with E-state index in [1.54, 1.807) is 7.05 Å². The van der Waals surface area contributed by atoms with Crippen LogP contribution in [0.15, 0.2) is 41.4 Å². The molecule has 0 spiro atoms. The predicted molar refractivity (Wildman–Crippen MR) is 111 cm³/mol. The van der Waals surface area contributed by atoms with Crippen molar-refractivity contribution in [2.75, 3.05) is 33.4 Å². The SMILES string of the molecule is CN=C(NCCOc1ccc(F)cc1F)NCc1ccc(C)cc1OC1CCOC1. The molecular weight excluding hydrogens is 392 g/mol. The molecule has 162 valence electrons. The highest BCUT2D eigenvalue weighted by atomic mass is 19.1. The highest BCUT2D eigenvalue weighted by Crippen LogP contribution is 2.23. The van der Waals surface area contributed by atoms with Crippen LogP contribution in [0.2, 0.25) is 0 Å². The minimum absolute atomic E-state index is 0.0125. The topological polar surface area (TPSA) is 64.1 Å². The summed E-state index contributed by atoms with van der Waals surface area (Å²) in [6.07, 6.45) is 0.964. The third-order valence-corrected chi connectivity index (χ3v) is 4.62. The number of hydrogen-bond donors (Lipinski definition) is 2. The molecule has 1 atom stereocenters. The van der Waals surface area contributed by atoms with Gasteiger partial charge in [0.1, 0.15) is 24.3 Å². The lowest BCUT2D eigenvalue weighted by Gasteiger charge is -2.18. The molecule has 1 saturated heterocycles. The van der Waals surface area contributed by atoms with Gasteiger partial charge in [-0.3, -0.25) is 4.99 Å². The third kappa shape index (κ3) is 6.32. The van der Waals surface area contributed by atoms with Crippen LogP contribution >= 0.6 is 0 Å². The third-order valence-electron chi connectivity index (χ3n) is 4.62. The van der Waals surface area contributed by atoms with E-state index in [1.807, 2.05) is 25.1 Å². The van der Waals surface area contributed by atoms with Gasteiger partial charge in [-0.25, -0.2) is 8.78 Å². The Morgan fingerprint density at radius 1 is 1.17 bits per heavy atom. The summed E-state index contributed by atoms with van der Waals surface area (Å²) in [6.45, 7) is 4.48. The molecule has 1 aliphatic rings. The highest BCUT2D eigenvalue weighted by Gasteiger charge is 2.18. The monoisotopic (exact) mass is 419 g/mol. The summed E-state index contributed by atoms with van der Waals surface area (Å²) in [5.41, 5.74) is 2.14. The first kappa shape index (κ1) is 21.8. The van der Waals surface area contributed by atoms with Crippen LogP contribution in [0.3, 0.4) is 0 Å². The number of rotatable bonds is 8. The molecule has 1 unspecified atom stereocenters. The fraction of sp³-hybridized carbons (Fsp3) is 0.409.